The van der Waals surface area contributed by atoms with E-state index in [4.69, 9.17) is 0 Å². The molecule has 0 rings (SSSR count). The molecule has 1 amide bonds. The highest BCUT2D eigenvalue weighted by atomic mass is 16.2. The summed E-state index contributed by atoms with van der Waals surface area (Å²) < 4.78 is 0. The maximum atomic E-state index is 11.7. The Hall–Kier alpha value is -0.790. The molecule has 0 aliphatic rings. The van der Waals surface area contributed by atoms with Gasteiger partial charge in [0.2, 0.25) is 5.91 Å². The zero-order valence-corrected chi connectivity index (χ0v) is 9.48. The second kappa shape index (κ2) is 5.79. The van der Waals surface area contributed by atoms with E-state index in [0.717, 1.165) is 30.4 Å². The van der Waals surface area contributed by atoms with Crippen molar-refractivity contribution in [1.82, 2.24) is 4.90 Å². The van der Waals surface area contributed by atoms with Gasteiger partial charge >= 0.3 is 0 Å². The smallest absolute Gasteiger partial charge is 0.249 e. The highest BCUT2D eigenvalue weighted by Gasteiger charge is 2.11. The number of amides is 1. The first-order valence-corrected chi connectivity index (χ1v) is 4.88. The van der Waals surface area contributed by atoms with E-state index < -0.39 is 0 Å². The van der Waals surface area contributed by atoms with E-state index in [1.54, 1.807) is 19.0 Å². The summed E-state index contributed by atoms with van der Waals surface area (Å²) in [5.41, 5.74) is 2.12. The van der Waals surface area contributed by atoms with E-state index in [0.29, 0.717) is 0 Å². The molecule has 2 nitrogen and oxygen atoms in total. The molecule has 76 valence electrons. The zero-order chi connectivity index (χ0) is 10.4. The van der Waals surface area contributed by atoms with Crippen LogP contribution in [0.5, 0.6) is 0 Å². The fourth-order valence-corrected chi connectivity index (χ4v) is 1.19. The van der Waals surface area contributed by atoms with Gasteiger partial charge in [0.15, 0.2) is 0 Å². The fraction of sp³-hybridized carbons (Fsp3) is 0.727. The third kappa shape index (κ3) is 4.11. The Labute approximate surface area is 81.6 Å². The molecule has 0 aromatic rings. The molecule has 0 aliphatic carbocycles. The van der Waals surface area contributed by atoms with Crippen LogP contribution in [0.25, 0.3) is 0 Å². The number of allylic oxidation sites excluding steroid dienone is 1. The van der Waals surface area contributed by atoms with Gasteiger partial charge in [0.25, 0.3) is 0 Å². The molecule has 2 heteroatoms. The summed E-state index contributed by atoms with van der Waals surface area (Å²) >= 11 is 0. The largest absolute Gasteiger partial charge is 0.345 e. The van der Waals surface area contributed by atoms with Gasteiger partial charge in [0, 0.05) is 19.7 Å². The molecule has 0 aromatic carbocycles. The van der Waals surface area contributed by atoms with E-state index in [1.165, 1.54) is 0 Å². The van der Waals surface area contributed by atoms with Crippen LogP contribution in [0.15, 0.2) is 11.1 Å². The van der Waals surface area contributed by atoms with Crippen LogP contribution in [-0.2, 0) is 4.79 Å². The van der Waals surface area contributed by atoms with Crippen LogP contribution >= 0.6 is 0 Å². The zero-order valence-electron chi connectivity index (χ0n) is 9.48. The van der Waals surface area contributed by atoms with Crippen molar-refractivity contribution in [1.29, 1.82) is 0 Å². The predicted octanol–water partition coefficient (Wildman–Crippen LogP) is 2.60. The average molecular weight is 183 g/mol. The van der Waals surface area contributed by atoms with Crippen molar-refractivity contribution in [2.45, 2.75) is 40.0 Å². The van der Waals surface area contributed by atoms with Gasteiger partial charge in [-0.2, -0.15) is 0 Å². The van der Waals surface area contributed by atoms with Gasteiger partial charge in [-0.25, -0.2) is 0 Å². The number of hydrogen-bond donors (Lipinski definition) is 0. The molecule has 13 heavy (non-hydrogen) atoms. The Morgan fingerprint density at radius 1 is 1.23 bits per heavy atom. The van der Waals surface area contributed by atoms with Crippen LogP contribution in [-0.4, -0.2) is 24.9 Å². The molecular formula is C11H21NO. The van der Waals surface area contributed by atoms with Crippen LogP contribution in [0.4, 0.5) is 0 Å². The van der Waals surface area contributed by atoms with E-state index in [9.17, 15) is 4.79 Å². The van der Waals surface area contributed by atoms with Gasteiger partial charge in [-0.15, -0.1) is 0 Å². The molecule has 0 heterocycles. The van der Waals surface area contributed by atoms with Gasteiger partial charge in [0.05, 0.1) is 0 Å². The molecular weight excluding hydrogens is 162 g/mol. The maximum Gasteiger partial charge on any atom is 0.249 e. The van der Waals surface area contributed by atoms with Crippen LogP contribution < -0.4 is 0 Å². The van der Waals surface area contributed by atoms with Crippen molar-refractivity contribution < 1.29 is 4.79 Å². The van der Waals surface area contributed by atoms with E-state index in [-0.39, 0.29) is 5.91 Å². The summed E-state index contributed by atoms with van der Waals surface area (Å²) in [4.78, 5) is 13.3. The first kappa shape index (κ1) is 12.2. The standard InChI is InChI=1S/C11H21NO/c1-6-7-8-10(9(2)3)11(13)12(4)5/h6-8H2,1-5H3. The van der Waals surface area contributed by atoms with Crippen molar-refractivity contribution in [3.8, 4) is 0 Å². The minimum absolute atomic E-state index is 0.161. The van der Waals surface area contributed by atoms with Gasteiger partial charge in [0.1, 0.15) is 0 Å². The lowest BCUT2D eigenvalue weighted by molar-refractivity contribution is -0.124. The summed E-state index contributed by atoms with van der Waals surface area (Å²) in [6, 6.07) is 0. The number of likely N-dealkylation sites (N-methyl/N-ethyl adjacent to an activating group) is 1. The van der Waals surface area contributed by atoms with E-state index in [2.05, 4.69) is 6.92 Å². The van der Waals surface area contributed by atoms with Crippen molar-refractivity contribution in [3.63, 3.8) is 0 Å². The van der Waals surface area contributed by atoms with Gasteiger partial charge < -0.3 is 4.90 Å². The molecule has 0 spiro atoms. The van der Waals surface area contributed by atoms with Gasteiger partial charge in [-0.05, 0) is 26.7 Å². The Morgan fingerprint density at radius 3 is 2.08 bits per heavy atom. The summed E-state index contributed by atoms with van der Waals surface area (Å²) in [5, 5.41) is 0. The molecule has 0 aromatic heterocycles. The maximum absolute atomic E-state index is 11.7. The molecule has 0 aliphatic heterocycles. The lowest BCUT2D eigenvalue weighted by Gasteiger charge is -2.14. The molecule has 0 saturated heterocycles. The molecule has 0 radical (unpaired) electrons. The Morgan fingerprint density at radius 2 is 1.77 bits per heavy atom. The lowest BCUT2D eigenvalue weighted by atomic mass is 10.0. The molecule has 0 atom stereocenters. The molecule has 0 unspecified atom stereocenters. The summed E-state index contributed by atoms with van der Waals surface area (Å²) in [6.45, 7) is 6.15. The minimum Gasteiger partial charge on any atom is -0.345 e. The average Bonchev–Trinajstić information content (AvgIpc) is 2.04. The first-order valence-electron chi connectivity index (χ1n) is 4.88. The Balaban J connectivity index is 4.45. The van der Waals surface area contributed by atoms with Gasteiger partial charge in [-0.3, -0.25) is 4.79 Å². The van der Waals surface area contributed by atoms with Crippen LogP contribution in [0.3, 0.4) is 0 Å². The predicted molar refractivity (Wildman–Crippen MR) is 56.6 cm³/mol. The number of unbranched alkanes of at least 4 members (excludes halogenated alkanes) is 1. The number of hydrogen-bond acceptors (Lipinski definition) is 1. The highest BCUT2D eigenvalue weighted by molar-refractivity contribution is 5.93. The van der Waals surface area contributed by atoms with Gasteiger partial charge in [-0.1, -0.05) is 18.9 Å². The summed E-state index contributed by atoms with van der Waals surface area (Å²) in [7, 11) is 3.61. The second-order valence-corrected chi connectivity index (χ2v) is 3.78. The topological polar surface area (TPSA) is 20.3 Å². The number of rotatable bonds is 4. The van der Waals surface area contributed by atoms with Crippen LogP contribution in [0.1, 0.15) is 40.0 Å². The SMILES string of the molecule is CCCCC(C(=O)N(C)C)=C(C)C. The Kier molecular flexibility index (Phi) is 5.44. The highest BCUT2D eigenvalue weighted by Crippen LogP contribution is 2.14. The Bertz CT molecular complexity index is 200. The van der Waals surface area contributed by atoms with Crippen molar-refractivity contribution >= 4 is 5.91 Å². The third-order valence-electron chi connectivity index (χ3n) is 2.05. The van der Waals surface area contributed by atoms with Crippen molar-refractivity contribution in [2.24, 2.45) is 0 Å². The number of carbonyl (C=O) groups excluding carboxylic acids is 1. The van der Waals surface area contributed by atoms with Crippen LogP contribution in [0.2, 0.25) is 0 Å². The van der Waals surface area contributed by atoms with E-state index >= 15 is 0 Å². The summed E-state index contributed by atoms with van der Waals surface area (Å²) in [5.74, 6) is 0.161. The van der Waals surface area contributed by atoms with Crippen molar-refractivity contribution in [3.05, 3.63) is 11.1 Å². The summed E-state index contributed by atoms with van der Waals surface area (Å²) in [6.07, 6.45) is 3.15. The lowest BCUT2D eigenvalue weighted by Crippen LogP contribution is -2.24. The minimum atomic E-state index is 0.161. The fourth-order valence-electron chi connectivity index (χ4n) is 1.19. The second-order valence-electron chi connectivity index (χ2n) is 3.78. The molecule has 0 saturated carbocycles. The molecule has 0 fully saturated rings. The quantitative estimate of drug-likeness (QED) is 0.613. The number of nitrogens with zero attached hydrogens (tertiary/aromatic N) is 1. The number of carbonyl (C=O) groups is 1. The van der Waals surface area contributed by atoms with Crippen LogP contribution in [0, 0.1) is 0 Å². The molecule has 0 N–H and O–H groups in total. The van der Waals surface area contributed by atoms with E-state index in [1.807, 2.05) is 13.8 Å². The molecule has 0 bridgehead atoms. The first-order chi connectivity index (χ1) is 6.00. The monoisotopic (exact) mass is 183 g/mol. The third-order valence-corrected chi connectivity index (χ3v) is 2.05. The normalized spacial score (nSPS) is 9.62. The van der Waals surface area contributed by atoms with Crippen molar-refractivity contribution in [2.75, 3.05) is 14.1 Å².